The minimum Gasteiger partial charge on any atom is -0.256 e. The Morgan fingerprint density at radius 2 is 1.88 bits per heavy atom. The van der Waals surface area contributed by atoms with E-state index < -0.39 is 11.6 Å². The van der Waals surface area contributed by atoms with Crippen LogP contribution in [0.3, 0.4) is 0 Å². The van der Waals surface area contributed by atoms with Gasteiger partial charge in [-0.1, -0.05) is 6.07 Å². The van der Waals surface area contributed by atoms with Gasteiger partial charge in [-0.15, -0.1) is 0 Å². The molecule has 2 aromatic rings. The lowest BCUT2D eigenvalue weighted by Crippen LogP contribution is -1.94. The zero-order chi connectivity index (χ0) is 11.7. The molecule has 4 heteroatoms. The summed E-state index contributed by atoms with van der Waals surface area (Å²) in [6.07, 6.45) is 1.66. The number of hydrogen-bond donors (Lipinski definition) is 0. The molecule has 0 aliphatic carbocycles. The summed E-state index contributed by atoms with van der Waals surface area (Å²) in [6, 6.07) is 6.23. The lowest BCUT2D eigenvalue weighted by atomic mass is 10.1. The van der Waals surface area contributed by atoms with E-state index in [-0.39, 0.29) is 3.57 Å². The summed E-state index contributed by atoms with van der Waals surface area (Å²) in [5.41, 5.74) is 1.84. The zero-order valence-corrected chi connectivity index (χ0v) is 10.6. The van der Waals surface area contributed by atoms with Gasteiger partial charge in [0.05, 0.1) is 9.26 Å². The average Bonchev–Trinajstić information content (AvgIpc) is 2.28. The van der Waals surface area contributed by atoms with Crippen LogP contribution in [0, 0.1) is 22.1 Å². The van der Waals surface area contributed by atoms with Crippen LogP contribution >= 0.6 is 22.6 Å². The van der Waals surface area contributed by atoms with Crippen molar-refractivity contribution in [3.05, 3.63) is 51.2 Å². The van der Waals surface area contributed by atoms with E-state index in [0.717, 1.165) is 5.56 Å². The number of aryl methyl sites for hydroxylation is 1. The van der Waals surface area contributed by atoms with Crippen molar-refractivity contribution in [2.75, 3.05) is 0 Å². The van der Waals surface area contributed by atoms with Gasteiger partial charge in [-0.2, -0.15) is 0 Å². The zero-order valence-electron chi connectivity index (χ0n) is 8.47. The third-order valence-corrected chi connectivity index (χ3v) is 3.21. The Morgan fingerprint density at radius 3 is 2.50 bits per heavy atom. The topological polar surface area (TPSA) is 12.9 Å². The van der Waals surface area contributed by atoms with E-state index in [1.54, 1.807) is 34.9 Å². The summed E-state index contributed by atoms with van der Waals surface area (Å²) in [6.45, 7) is 1.90. The molecule has 0 saturated carbocycles. The van der Waals surface area contributed by atoms with Crippen molar-refractivity contribution in [1.29, 1.82) is 0 Å². The van der Waals surface area contributed by atoms with Crippen LogP contribution in [0.5, 0.6) is 0 Å². The van der Waals surface area contributed by atoms with Gasteiger partial charge in [-0.3, -0.25) is 4.98 Å². The molecule has 0 aliphatic rings. The van der Waals surface area contributed by atoms with Crippen LogP contribution < -0.4 is 0 Å². The van der Waals surface area contributed by atoms with Crippen molar-refractivity contribution in [3.63, 3.8) is 0 Å². The van der Waals surface area contributed by atoms with Gasteiger partial charge in [0, 0.05) is 11.8 Å². The molecule has 2 rings (SSSR count). The van der Waals surface area contributed by atoms with Crippen molar-refractivity contribution in [2.24, 2.45) is 0 Å². The predicted octanol–water partition coefficient (Wildman–Crippen LogP) is 3.94. The first-order chi connectivity index (χ1) is 7.59. The van der Waals surface area contributed by atoms with Crippen LogP contribution in [0.2, 0.25) is 0 Å². The molecular weight excluding hydrogens is 323 g/mol. The summed E-state index contributed by atoms with van der Waals surface area (Å²) in [5, 5.41) is 0. The lowest BCUT2D eigenvalue weighted by Gasteiger charge is -2.05. The van der Waals surface area contributed by atoms with Crippen LogP contribution in [0.4, 0.5) is 8.78 Å². The average molecular weight is 331 g/mol. The number of nitrogens with zero attached hydrogens (tertiary/aromatic N) is 1. The molecule has 0 spiro atoms. The largest absolute Gasteiger partial charge is 0.256 e. The summed E-state index contributed by atoms with van der Waals surface area (Å²) in [7, 11) is 0. The molecule has 1 heterocycles. The van der Waals surface area contributed by atoms with Gasteiger partial charge in [0.25, 0.3) is 0 Å². The molecule has 1 nitrogen and oxygen atoms in total. The molecule has 0 radical (unpaired) electrons. The second kappa shape index (κ2) is 4.45. The second-order valence-electron chi connectivity index (χ2n) is 3.44. The molecule has 0 aliphatic heterocycles. The molecule has 1 aromatic carbocycles. The van der Waals surface area contributed by atoms with Crippen LogP contribution in [-0.4, -0.2) is 4.98 Å². The van der Waals surface area contributed by atoms with Crippen molar-refractivity contribution in [3.8, 4) is 11.3 Å². The number of pyridine rings is 1. The smallest absolute Gasteiger partial charge is 0.148 e. The van der Waals surface area contributed by atoms with E-state index in [0.29, 0.717) is 11.3 Å². The predicted molar refractivity (Wildman–Crippen MR) is 67.0 cm³/mol. The standard InChI is InChI=1S/C12H8F2IN/c1-7-2-5-10(16-6-7)8-3-4-9(13)12(15)11(8)14/h2-6H,1H3. The summed E-state index contributed by atoms with van der Waals surface area (Å²) in [5.74, 6) is -1.11. The Labute approximate surface area is 106 Å². The maximum absolute atomic E-state index is 13.8. The molecule has 82 valence electrons. The SMILES string of the molecule is Cc1ccc(-c2ccc(F)c(I)c2F)nc1. The first-order valence-electron chi connectivity index (χ1n) is 4.66. The number of halogens is 3. The van der Waals surface area contributed by atoms with E-state index >= 15 is 0 Å². The highest BCUT2D eigenvalue weighted by Gasteiger charge is 2.13. The fourth-order valence-electron chi connectivity index (χ4n) is 1.35. The van der Waals surface area contributed by atoms with Gasteiger partial charge in [-0.25, -0.2) is 8.78 Å². The lowest BCUT2D eigenvalue weighted by molar-refractivity contribution is 0.572. The molecule has 1 aromatic heterocycles. The number of aromatic nitrogens is 1. The fourth-order valence-corrected chi connectivity index (χ4v) is 1.82. The van der Waals surface area contributed by atoms with Crippen molar-refractivity contribution in [1.82, 2.24) is 4.98 Å². The van der Waals surface area contributed by atoms with Gasteiger partial charge < -0.3 is 0 Å². The van der Waals surface area contributed by atoms with E-state index in [9.17, 15) is 8.78 Å². The fraction of sp³-hybridized carbons (Fsp3) is 0.0833. The quantitative estimate of drug-likeness (QED) is 0.570. The molecule has 0 N–H and O–H groups in total. The number of rotatable bonds is 1. The Kier molecular flexibility index (Phi) is 3.18. The molecular formula is C12H8F2IN. The maximum atomic E-state index is 13.8. The normalized spacial score (nSPS) is 10.5. The van der Waals surface area contributed by atoms with E-state index in [4.69, 9.17) is 0 Å². The van der Waals surface area contributed by atoms with Crippen LogP contribution in [0.15, 0.2) is 30.5 Å². The first kappa shape index (κ1) is 11.4. The Morgan fingerprint density at radius 1 is 1.12 bits per heavy atom. The molecule has 0 amide bonds. The molecule has 0 saturated heterocycles. The van der Waals surface area contributed by atoms with E-state index in [1.807, 2.05) is 13.0 Å². The molecule has 0 bridgehead atoms. The Bertz CT molecular complexity index is 523. The summed E-state index contributed by atoms with van der Waals surface area (Å²) in [4.78, 5) is 4.11. The highest BCUT2D eigenvalue weighted by atomic mass is 127. The first-order valence-corrected chi connectivity index (χ1v) is 5.74. The van der Waals surface area contributed by atoms with E-state index in [1.165, 1.54) is 12.1 Å². The highest BCUT2D eigenvalue weighted by molar-refractivity contribution is 14.1. The summed E-state index contributed by atoms with van der Waals surface area (Å²) >= 11 is 1.65. The summed E-state index contributed by atoms with van der Waals surface area (Å²) < 4.78 is 26.8. The number of benzene rings is 1. The minimum atomic E-state index is -0.558. The van der Waals surface area contributed by atoms with Crippen LogP contribution in [0.25, 0.3) is 11.3 Å². The third-order valence-electron chi connectivity index (χ3n) is 2.22. The Hall–Kier alpha value is -1.04. The van der Waals surface area contributed by atoms with Crippen LogP contribution in [-0.2, 0) is 0 Å². The number of hydrogen-bond acceptors (Lipinski definition) is 1. The second-order valence-corrected chi connectivity index (χ2v) is 4.52. The van der Waals surface area contributed by atoms with Crippen LogP contribution in [0.1, 0.15) is 5.56 Å². The minimum absolute atomic E-state index is 0.00234. The highest BCUT2D eigenvalue weighted by Crippen LogP contribution is 2.26. The molecule has 0 fully saturated rings. The van der Waals surface area contributed by atoms with E-state index in [2.05, 4.69) is 4.98 Å². The molecule has 0 unspecified atom stereocenters. The van der Waals surface area contributed by atoms with Gasteiger partial charge in [-0.05, 0) is 53.3 Å². The molecule has 16 heavy (non-hydrogen) atoms. The third kappa shape index (κ3) is 2.07. The monoisotopic (exact) mass is 331 g/mol. The van der Waals surface area contributed by atoms with Crippen molar-refractivity contribution >= 4 is 22.6 Å². The van der Waals surface area contributed by atoms with Crippen molar-refractivity contribution < 1.29 is 8.78 Å². The van der Waals surface area contributed by atoms with Gasteiger partial charge in [0.15, 0.2) is 0 Å². The van der Waals surface area contributed by atoms with Crippen molar-refractivity contribution in [2.45, 2.75) is 6.92 Å². The van der Waals surface area contributed by atoms with Gasteiger partial charge >= 0.3 is 0 Å². The maximum Gasteiger partial charge on any atom is 0.148 e. The van der Waals surface area contributed by atoms with Gasteiger partial charge in [0.2, 0.25) is 0 Å². The van der Waals surface area contributed by atoms with Gasteiger partial charge in [0.1, 0.15) is 11.6 Å². The Balaban J connectivity index is 2.57. The molecule has 0 atom stereocenters.